The third-order valence-corrected chi connectivity index (χ3v) is 3.89. The van der Waals surface area contributed by atoms with Crippen molar-refractivity contribution in [1.82, 2.24) is 10.6 Å². The minimum Gasteiger partial charge on any atom is -0.352 e. The number of nitrogens with one attached hydrogen (secondary N) is 2. The summed E-state index contributed by atoms with van der Waals surface area (Å²) >= 11 is 0. The molecule has 2 unspecified atom stereocenters. The minimum absolute atomic E-state index is 0.120. The summed E-state index contributed by atoms with van der Waals surface area (Å²) in [5.41, 5.74) is 1.21. The van der Waals surface area contributed by atoms with Crippen molar-refractivity contribution in [3.8, 4) is 0 Å². The highest BCUT2D eigenvalue weighted by Gasteiger charge is 2.21. The van der Waals surface area contributed by atoms with Crippen LogP contribution in [-0.4, -0.2) is 18.0 Å². The van der Waals surface area contributed by atoms with E-state index in [-0.39, 0.29) is 18.0 Å². The van der Waals surface area contributed by atoms with E-state index in [4.69, 9.17) is 0 Å². The molecule has 1 aliphatic carbocycles. The fourth-order valence-corrected chi connectivity index (χ4v) is 2.68. The van der Waals surface area contributed by atoms with Crippen LogP contribution < -0.4 is 10.6 Å². The van der Waals surface area contributed by atoms with E-state index in [0.717, 1.165) is 12.8 Å². The van der Waals surface area contributed by atoms with Gasteiger partial charge in [0.05, 0.1) is 6.04 Å². The second-order valence-corrected chi connectivity index (χ2v) is 5.51. The zero-order valence-corrected chi connectivity index (χ0v) is 11.9. The molecule has 3 nitrogen and oxygen atoms in total. The molecule has 1 aromatic rings. The van der Waals surface area contributed by atoms with Gasteiger partial charge in [-0.05, 0) is 32.3 Å². The molecule has 1 saturated carbocycles. The molecular formula is C16H24N2O. The van der Waals surface area contributed by atoms with Crippen LogP contribution in [0.25, 0.3) is 0 Å². The van der Waals surface area contributed by atoms with Gasteiger partial charge in [0.1, 0.15) is 0 Å². The van der Waals surface area contributed by atoms with Crippen molar-refractivity contribution < 1.29 is 4.79 Å². The van der Waals surface area contributed by atoms with Gasteiger partial charge in [0.2, 0.25) is 5.91 Å². The van der Waals surface area contributed by atoms with Crippen molar-refractivity contribution in [3.05, 3.63) is 35.9 Å². The standard InChI is InChI=1S/C16H24N2O/c1-12(14-8-4-3-5-9-14)17-13(2)16(19)18-15-10-6-7-11-15/h3-5,8-9,12-13,15,17H,6-7,10-11H2,1-2H3,(H,18,19). The largest absolute Gasteiger partial charge is 0.352 e. The first kappa shape index (κ1) is 14.1. The van der Waals surface area contributed by atoms with Crippen LogP contribution in [0.15, 0.2) is 30.3 Å². The van der Waals surface area contributed by atoms with E-state index in [0.29, 0.717) is 6.04 Å². The quantitative estimate of drug-likeness (QED) is 0.854. The normalized spacial score (nSPS) is 19.1. The maximum absolute atomic E-state index is 12.1. The van der Waals surface area contributed by atoms with Crippen LogP contribution in [0.3, 0.4) is 0 Å². The maximum atomic E-state index is 12.1. The molecule has 0 spiro atoms. The zero-order chi connectivity index (χ0) is 13.7. The summed E-state index contributed by atoms with van der Waals surface area (Å²) in [5.74, 6) is 0.120. The Hall–Kier alpha value is -1.35. The molecule has 3 heteroatoms. The van der Waals surface area contributed by atoms with Crippen molar-refractivity contribution in [1.29, 1.82) is 0 Å². The summed E-state index contributed by atoms with van der Waals surface area (Å²) in [6, 6.07) is 10.6. The third-order valence-electron chi connectivity index (χ3n) is 3.89. The van der Waals surface area contributed by atoms with E-state index >= 15 is 0 Å². The number of carbonyl (C=O) groups excluding carboxylic acids is 1. The minimum atomic E-state index is -0.157. The summed E-state index contributed by atoms with van der Waals surface area (Å²) < 4.78 is 0. The van der Waals surface area contributed by atoms with Gasteiger partial charge in [-0.25, -0.2) is 0 Å². The van der Waals surface area contributed by atoms with E-state index in [9.17, 15) is 4.79 Å². The van der Waals surface area contributed by atoms with Crippen molar-refractivity contribution in [2.24, 2.45) is 0 Å². The Balaban J connectivity index is 1.82. The first-order valence-electron chi connectivity index (χ1n) is 7.28. The molecule has 1 aliphatic rings. The lowest BCUT2D eigenvalue weighted by Gasteiger charge is -2.21. The molecule has 2 atom stereocenters. The monoisotopic (exact) mass is 260 g/mol. The first-order valence-corrected chi connectivity index (χ1v) is 7.28. The molecule has 0 aromatic heterocycles. The molecule has 104 valence electrons. The van der Waals surface area contributed by atoms with Crippen LogP contribution in [0.1, 0.15) is 51.1 Å². The average molecular weight is 260 g/mol. The van der Waals surface area contributed by atoms with Crippen molar-refractivity contribution in [2.45, 2.75) is 57.7 Å². The van der Waals surface area contributed by atoms with E-state index in [1.54, 1.807) is 0 Å². The number of benzene rings is 1. The predicted molar refractivity (Wildman–Crippen MR) is 77.9 cm³/mol. The van der Waals surface area contributed by atoms with Gasteiger partial charge in [-0.15, -0.1) is 0 Å². The van der Waals surface area contributed by atoms with Gasteiger partial charge in [0.15, 0.2) is 0 Å². The fourth-order valence-electron chi connectivity index (χ4n) is 2.68. The van der Waals surface area contributed by atoms with Gasteiger partial charge in [-0.2, -0.15) is 0 Å². The van der Waals surface area contributed by atoms with Crippen LogP contribution >= 0.6 is 0 Å². The molecule has 1 amide bonds. The zero-order valence-electron chi connectivity index (χ0n) is 11.9. The molecule has 0 heterocycles. The Morgan fingerprint density at radius 2 is 1.79 bits per heavy atom. The van der Waals surface area contributed by atoms with Gasteiger partial charge >= 0.3 is 0 Å². The van der Waals surface area contributed by atoms with Crippen molar-refractivity contribution in [2.75, 3.05) is 0 Å². The molecular weight excluding hydrogens is 236 g/mol. The highest BCUT2D eigenvalue weighted by molar-refractivity contribution is 5.81. The Bertz CT molecular complexity index is 398. The van der Waals surface area contributed by atoms with Gasteiger partial charge in [0.25, 0.3) is 0 Å². The Kier molecular flexibility index (Phi) is 4.97. The molecule has 1 aromatic carbocycles. The van der Waals surface area contributed by atoms with Crippen LogP contribution in [0.4, 0.5) is 0 Å². The summed E-state index contributed by atoms with van der Waals surface area (Å²) in [7, 11) is 0. The lowest BCUT2D eigenvalue weighted by molar-refractivity contribution is -0.123. The average Bonchev–Trinajstić information content (AvgIpc) is 2.92. The summed E-state index contributed by atoms with van der Waals surface area (Å²) in [6.07, 6.45) is 4.75. The van der Waals surface area contributed by atoms with Crippen LogP contribution in [-0.2, 0) is 4.79 Å². The summed E-state index contributed by atoms with van der Waals surface area (Å²) in [5, 5.41) is 6.49. The highest BCUT2D eigenvalue weighted by Crippen LogP contribution is 2.18. The Morgan fingerprint density at radius 1 is 1.16 bits per heavy atom. The lowest BCUT2D eigenvalue weighted by atomic mass is 10.1. The molecule has 2 N–H and O–H groups in total. The molecule has 0 aliphatic heterocycles. The Morgan fingerprint density at radius 3 is 2.42 bits per heavy atom. The van der Waals surface area contributed by atoms with Crippen molar-refractivity contribution >= 4 is 5.91 Å². The molecule has 1 fully saturated rings. The maximum Gasteiger partial charge on any atom is 0.237 e. The van der Waals surface area contributed by atoms with Crippen LogP contribution in [0.2, 0.25) is 0 Å². The molecule has 19 heavy (non-hydrogen) atoms. The molecule has 0 saturated heterocycles. The fraction of sp³-hybridized carbons (Fsp3) is 0.562. The molecule has 2 rings (SSSR count). The number of hydrogen-bond donors (Lipinski definition) is 2. The highest BCUT2D eigenvalue weighted by atomic mass is 16.2. The second kappa shape index (κ2) is 6.71. The van der Waals surface area contributed by atoms with E-state index in [1.807, 2.05) is 25.1 Å². The van der Waals surface area contributed by atoms with Crippen molar-refractivity contribution in [3.63, 3.8) is 0 Å². The number of rotatable bonds is 5. The van der Waals surface area contributed by atoms with Gasteiger partial charge in [0, 0.05) is 12.1 Å². The van der Waals surface area contributed by atoms with E-state index in [1.165, 1.54) is 18.4 Å². The molecule has 0 radical (unpaired) electrons. The number of carbonyl (C=O) groups is 1. The van der Waals surface area contributed by atoms with Crippen LogP contribution in [0, 0.1) is 0 Å². The number of hydrogen-bond acceptors (Lipinski definition) is 2. The first-order chi connectivity index (χ1) is 9.16. The summed E-state index contributed by atoms with van der Waals surface area (Å²) in [6.45, 7) is 4.03. The molecule has 0 bridgehead atoms. The Labute approximate surface area is 115 Å². The van der Waals surface area contributed by atoms with Gasteiger partial charge in [-0.1, -0.05) is 43.2 Å². The SMILES string of the molecule is CC(NC(C)c1ccccc1)C(=O)NC1CCCC1. The predicted octanol–water partition coefficient (Wildman–Crippen LogP) is 2.78. The van der Waals surface area contributed by atoms with Crippen LogP contribution in [0.5, 0.6) is 0 Å². The smallest absolute Gasteiger partial charge is 0.237 e. The lowest BCUT2D eigenvalue weighted by Crippen LogP contribution is -2.46. The number of amides is 1. The third kappa shape index (κ3) is 4.06. The topological polar surface area (TPSA) is 41.1 Å². The summed E-state index contributed by atoms with van der Waals surface area (Å²) in [4.78, 5) is 12.1. The van der Waals surface area contributed by atoms with Gasteiger partial charge in [-0.3, -0.25) is 10.1 Å². The van der Waals surface area contributed by atoms with E-state index < -0.39 is 0 Å². The van der Waals surface area contributed by atoms with E-state index in [2.05, 4.69) is 29.7 Å². The van der Waals surface area contributed by atoms with Gasteiger partial charge < -0.3 is 5.32 Å². The second-order valence-electron chi connectivity index (χ2n) is 5.51.